The van der Waals surface area contributed by atoms with Gasteiger partial charge < -0.3 is 10.2 Å². The minimum atomic E-state index is -0.172. The van der Waals surface area contributed by atoms with Crippen molar-refractivity contribution < 1.29 is 4.79 Å². The summed E-state index contributed by atoms with van der Waals surface area (Å²) in [5, 5.41) is 4.36. The molecule has 1 amide bonds. The number of halogens is 2. The Morgan fingerprint density at radius 1 is 1.29 bits per heavy atom. The van der Waals surface area contributed by atoms with E-state index >= 15 is 0 Å². The van der Waals surface area contributed by atoms with Gasteiger partial charge in [0.15, 0.2) is 0 Å². The Morgan fingerprint density at radius 3 is 2.79 bits per heavy atom. The average molecular weight is 476 g/mol. The average Bonchev–Trinajstić information content (AvgIpc) is 2.70. The molecule has 0 bridgehead atoms. The zero-order valence-corrected chi connectivity index (χ0v) is 18.4. The van der Waals surface area contributed by atoms with Crippen LogP contribution in [-0.4, -0.2) is 35.5 Å². The predicted molar refractivity (Wildman–Crippen MR) is 122 cm³/mol. The molecule has 28 heavy (non-hydrogen) atoms. The number of rotatable bonds is 3. The lowest BCUT2D eigenvalue weighted by atomic mass is 10.0. The summed E-state index contributed by atoms with van der Waals surface area (Å²) >= 11 is 11.4. The summed E-state index contributed by atoms with van der Waals surface area (Å²) in [6.07, 6.45) is 0. The molecule has 143 valence electrons. The third kappa shape index (κ3) is 4.00. The largest absolute Gasteiger partial charge is 0.355 e. The van der Waals surface area contributed by atoms with Gasteiger partial charge in [-0.3, -0.25) is 4.79 Å². The highest BCUT2D eigenvalue weighted by molar-refractivity contribution is 9.10. The van der Waals surface area contributed by atoms with Crippen molar-refractivity contribution in [1.82, 2.24) is 4.98 Å². The van der Waals surface area contributed by atoms with Crippen LogP contribution in [0, 0.1) is 13.0 Å². The molecule has 1 N–H and O–H groups in total. The Kier molecular flexibility index (Phi) is 5.80. The van der Waals surface area contributed by atoms with E-state index in [0.717, 1.165) is 51.4 Å². The minimum Gasteiger partial charge on any atom is -0.355 e. The van der Waals surface area contributed by atoms with Crippen LogP contribution in [0.3, 0.4) is 0 Å². The van der Waals surface area contributed by atoms with Crippen molar-refractivity contribution in [2.45, 2.75) is 6.92 Å². The van der Waals surface area contributed by atoms with E-state index in [2.05, 4.69) is 32.2 Å². The zero-order valence-electron chi connectivity index (χ0n) is 15.3. The molecule has 1 aliphatic rings. The fourth-order valence-electron chi connectivity index (χ4n) is 3.36. The van der Waals surface area contributed by atoms with Crippen LogP contribution in [0.2, 0.25) is 5.02 Å². The first-order valence-corrected chi connectivity index (χ1v) is 11.3. The monoisotopic (exact) mass is 474 g/mol. The SMILES string of the molecule is Cc1c(N2CCSCC2)nc2ccc(Br)cc2c1C(=O)Nc1[c]cc(Cl)cc1. The quantitative estimate of drug-likeness (QED) is 0.538. The van der Waals surface area contributed by atoms with Crippen molar-refractivity contribution in [3.63, 3.8) is 0 Å². The van der Waals surface area contributed by atoms with Gasteiger partial charge in [0.1, 0.15) is 5.82 Å². The third-order valence-corrected chi connectivity index (χ3v) is 6.40. The molecule has 2 heterocycles. The molecular formula is C21H18BrClN3OS. The van der Waals surface area contributed by atoms with Crippen LogP contribution in [0.15, 0.2) is 40.9 Å². The second-order valence-corrected chi connectivity index (χ2v) is 9.15. The number of pyridine rings is 1. The van der Waals surface area contributed by atoms with Crippen LogP contribution in [0.25, 0.3) is 10.9 Å². The molecule has 0 unspecified atom stereocenters. The first-order chi connectivity index (χ1) is 13.5. The van der Waals surface area contributed by atoms with E-state index in [1.807, 2.05) is 36.9 Å². The maximum atomic E-state index is 13.3. The number of nitrogens with zero attached hydrogens (tertiary/aromatic N) is 2. The lowest BCUT2D eigenvalue weighted by Crippen LogP contribution is -2.34. The maximum Gasteiger partial charge on any atom is 0.256 e. The number of nitrogens with one attached hydrogen (secondary N) is 1. The Balaban J connectivity index is 1.81. The smallest absolute Gasteiger partial charge is 0.256 e. The van der Waals surface area contributed by atoms with Gasteiger partial charge in [0.25, 0.3) is 5.91 Å². The van der Waals surface area contributed by atoms with Crippen LogP contribution in [0.4, 0.5) is 11.5 Å². The summed E-state index contributed by atoms with van der Waals surface area (Å²) in [5.74, 6) is 2.86. The van der Waals surface area contributed by atoms with Gasteiger partial charge in [0.05, 0.1) is 11.1 Å². The number of anilines is 2. The normalized spacial score (nSPS) is 14.3. The van der Waals surface area contributed by atoms with Crippen LogP contribution in [-0.2, 0) is 0 Å². The second kappa shape index (κ2) is 8.31. The Labute approximate surface area is 181 Å². The highest BCUT2D eigenvalue weighted by Gasteiger charge is 2.22. The molecule has 7 heteroatoms. The highest BCUT2D eigenvalue weighted by atomic mass is 79.9. The molecule has 0 atom stereocenters. The van der Waals surface area contributed by atoms with Crippen LogP contribution in [0.5, 0.6) is 0 Å². The van der Waals surface area contributed by atoms with E-state index in [-0.39, 0.29) is 5.91 Å². The van der Waals surface area contributed by atoms with E-state index in [1.54, 1.807) is 18.2 Å². The summed E-state index contributed by atoms with van der Waals surface area (Å²) in [5.41, 5.74) is 2.93. The number of carbonyl (C=O) groups is 1. The molecule has 1 aliphatic heterocycles. The maximum absolute atomic E-state index is 13.3. The van der Waals surface area contributed by atoms with Gasteiger partial charge in [0.2, 0.25) is 0 Å². The third-order valence-electron chi connectivity index (χ3n) is 4.73. The predicted octanol–water partition coefficient (Wildman–Crippen LogP) is 5.56. The number of hydrogen-bond acceptors (Lipinski definition) is 4. The van der Waals surface area contributed by atoms with Gasteiger partial charge in [-0.1, -0.05) is 27.5 Å². The molecule has 0 aliphatic carbocycles. The molecule has 3 aromatic rings. The van der Waals surface area contributed by atoms with E-state index in [0.29, 0.717) is 16.3 Å². The van der Waals surface area contributed by atoms with Gasteiger partial charge in [-0.25, -0.2) is 4.98 Å². The number of aromatic nitrogens is 1. The molecule has 0 spiro atoms. The van der Waals surface area contributed by atoms with Crippen LogP contribution >= 0.6 is 39.3 Å². The van der Waals surface area contributed by atoms with Gasteiger partial charge in [-0.05, 0) is 43.3 Å². The molecule has 2 aromatic carbocycles. The molecule has 1 fully saturated rings. The van der Waals surface area contributed by atoms with Gasteiger partial charge in [0, 0.05) is 56.8 Å². The van der Waals surface area contributed by atoms with Gasteiger partial charge >= 0.3 is 0 Å². The summed E-state index contributed by atoms with van der Waals surface area (Å²) in [6, 6.07) is 14.0. The number of carbonyl (C=O) groups excluding carboxylic acids is 1. The van der Waals surface area contributed by atoms with E-state index in [9.17, 15) is 4.79 Å². The molecule has 1 saturated heterocycles. The van der Waals surface area contributed by atoms with Crippen molar-refractivity contribution in [1.29, 1.82) is 0 Å². The number of amides is 1. The molecule has 4 rings (SSSR count). The van der Waals surface area contributed by atoms with Crippen LogP contribution in [0.1, 0.15) is 15.9 Å². The fourth-order valence-corrected chi connectivity index (χ4v) is 4.74. The minimum absolute atomic E-state index is 0.172. The summed E-state index contributed by atoms with van der Waals surface area (Å²) in [4.78, 5) is 20.4. The molecule has 1 aromatic heterocycles. The van der Waals surface area contributed by atoms with E-state index in [4.69, 9.17) is 16.6 Å². The molecular weight excluding hydrogens is 458 g/mol. The van der Waals surface area contributed by atoms with Crippen molar-refractivity contribution in [2.24, 2.45) is 0 Å². The first kappa shape index (κ1) is 19.6. The molecule has 0 saturated carbocycles. The molecule has 1 radical (unpaired) electrons. The van der Waals surface area contributed by atoms with Crippen molar-refractivity contribution in [2.75, 3.05) is 34.8 Å². The highest BCUT2D eigenvalue weighted by Crippen LogP contribution is 2.32. The van der Waals surface area contributed by atoms with E-state index < -0.39 is 0 Å². The lowest BCUT2D eigenvalue weighted by molar-refractivity contribution is 0.102. The van der Waals surface area contributed by atoms with Crippen LogP contribution < -0.4 is 10.2 Å². The standard InChI is InChI=1S/C21H18BrClN3OS/c1-13-19(21(27)24-16-5-3-15(23)4-6-16)17-12-14(22)2-7-18(17)25-20(13)26-8-10-28-11-9-26/h2-5,7,12H,8-11H2,1H3,(H,24,27). The van der Waals surface area contributed by atoms with Crippen molar-refractivity contribution >= 4 is 67.6 Å². The topological polar surface area (TPSA) is 45.2 Å². The summed E-state index contributed by atoms with van der Waals surface area (Å²) in [7, 11) is 0. The lowest BCUT2D eigenvalue weighted by Gasteiger charge is -2.29. The Morgan fingerprint density at radius 2 is 2.07 bits per heavy atom. The number of hydrogen-bond donors (Lipinski definition) is 1. The second-order valence-electron chi connectivity index (χ2n) is 6.57. The van der Waals surface area contributed by atoms with Crippen molar-refractivity contribution in [3.05, 3.63) is 63.1 Å². The fraction of sp³-hybridized carbons (Fsp3) is 0.238. The number of thioether (sulfide) groups is 1. The van der Waals surface area contributed by atoms with E-state index in [1.165, 1.54) is 0 Å². The summed E-state index contributed by atoms with van der Waals surface area (Å²) in [6.45, 7) is 3.85. The number of fused-ring (bicyclic) bond motifs is 1. The Bertz CT molecular complexity index is 1040. The first-order valence-electron chi connectivity index (χ1n) is 8.94. The Hall–Kier alpha value is -1.76. The number of benzene rings is 2. The summed E-state index contributed by atoms with van der Waals surface area (Å²) < 4.78 is 0.912. The van der Waals surface area contributed by atoms with Gasteiger partial charge in [-0.15, -0.1) is 0 Å². The van der Waals surface area contributed by atoms with Crippen molar-refractivity contribution in [3.8, 4) is 0 Å². The molecule has 4 nitrogen and oxygen atoms in total. The van der Waals surface area contributed by atoms with Gasteiger partial charge in [-0.2, -0.15) is 11.8 Å². The zero-order chi connectivity index (χ0) is 19.7.